The first-order valence-corrected chi connectivity index (χ1v) is 12.1. The highest BCUT2D eigenvalue weighted by Crippen LogP contribution is 2.42. The van der Waals surface area contributed by atoms with Crippen molar-refractivity contribution < 1.29 is 24.1 Å². The Labute approximate surface area is 212 Å². The highest BCUT2D eigenvalue weighted by Gasteiger charge is 2.30. The van der Waals surface area contributed by atoms with Crippen LogP contribution in [0.4, 0.5) is 10.1 Å². The lowest BCUT2D eigenvalue weighted by Crippen LogP contribution is -2.45. The maximum absolute atomic E-state index is 15.0. The number of halogens is 1. The Morgan fingerprint density at radius 2 is 1.76 bits per heavy atom. The molecule has 1 saturated heterocycles. The van der Waals surface area contributed by atoms with Crippen molar-refractivity contribution >= 4 is 33.3 Å². The Morgan fingerprint density at radius 3 is 2.46 bits per heavy atom. The SMILES string of the molecule is C[C@H]1COc2c(N3CCN(C)CC3)c(F)cc3c(=O)c(C(=O)O)cn1c23.Oc1cccc2ccccc12. The van der Waals surface area contributed by atoms with Crippen LogP contribution in [0, 0.1) is 5.82 Å². The van der Waals surface area contributed by atoms with Gasteiger partial charge in [-0.3, -0.25) is 4.79 Å². The van der Waals surface area contributed by atoms with Gasteiger partial charge in [-0.05, 0) is 31.5 Å². The second-order valence-corrected chi connectivity index (χ2v) is 9.47. The summed E-state index contributed by atoms with van der Waals surface area (Å²) in [6, 6.07) is 14.3. The Bertz CT molecular complexity index is 1550. The molecule has 0 saturated carbocycles. The van der Waals surface area contributed by atoms with E-state index < -0.39 is 17.2 Å². The quantitative estimate of drug-likeness (QED) is 0.424. The molecule has 8 nitrogen and oxygen atoms in total. The highest BCUT2D eigenvalue weighted by atomic mass is 19.1. The number of pyridine rings is 1. The molecule has 3 heterocycles. The minimum Gasteiger partial charge on any atom is -0.507 e. The molecule has 0 unspecified atom stereocenters. The molecule has 2 aliphatic rings. The van der Waals surface area contributed by atoms with Crippen molar-refractivity contribution in [1.29, 1.82) is 0 Å². The second-order valence-electron chi connectivity index (χ2n) is 9.47. The fourth-order valence-corrected chi connectivity index (χ4v) is 4.90. The summed E-state index contributed by atoms with van der Waals surface area (Å²) in [6.07, 6.45) is 1.34. The number of likely N-dealkylation sites (N-methyl/N-ethyl adjacent to an activating group) is 1. The minimum atomic E-state index is -1.32. The van der Waals surface area contributed by atoms with Crippen molar-refractivity contribution in [3.05, 3.63) is 76.3 Å². The van der Waals surface area contributed by atoms with E-state index in [2.05, 4.69) is 4.90 Å². The molecule has 37 heavy (non-hydrogen) atoms. The molecule has 0 aliphatic carbocycles. The molecular weight excluding hydrogens is 477 g/mol. The van der Waals surface area contributed by atoms with Gasteiger partial charge in [0.1, 0.15) is 23.6 Å². The number of aromatic hydroxyl groups is 1. The lowest BCUT2D eigenvalue weighted by atomic mass is 10.1. The predicted octanol–water partition coefficient (Wildman–Crippen LogP) is 4.09. The molecule has 0 radical (unpaired) electrons. The molecule has 1 fully saturated rings. The largest absolute Gasteiger partial charge is 0.507 e. The normalized spacial score (nSPS) is 17.3. The second kappa shape index (κ2) is 9.74. The van der Waals surface area contributed by atoms with Crippen LogP contribution < -0.4 is 15.1 Å². The number of nitrogens with zero attached hydrogens (tertiary/aromatic N) is 3. The van der Waals surface area contributed by atoms with E-state index in [-0.39, 0.29) is 23.6 Å². The first-order valence-electron chi connectivity index (χ1n) is 12.1. The van der Waals surface area contributed by atoms with Crippen molar-refractivity contribution in [1.82, 2.24) is 9.47 Å². The third kappa shape index (κ3) is 4.46. The molecule has 6 rings (SSSR count). The average molecular weight is 506 g/mol. The molecule has 0 spiro atoms. The number of anilines is 1. The minimum absolute atomic E-state index is 0.0434. The summed E-state index contributed by atoms with van der Waals surface area (Å²) in [5.41, 5.74) is -0.224. The molecule has 1 atom stereocenters. The molecule has 192 valence electrons. The summed E-state index contributed by atoms with van der Waals surface area (Å²) < 4.78 is 22.6. The molecule has 2 aliphatic heterocycles. The van der Waals surface area contributed by atoms with Gasteiger partial charge in [0.25, 0.3) is 0 Å². The van der Waals surface area contributed by atoms with Gasteiger partial charge in [-0.25, -0.2) is 9.18 Å². The van der Waals surface area contributed by atoms with Gasteiger partial charge < -0.3 is 29.3 Å². The van der Waals surface area contributed by atoms with E-state index in [4.69, 9.17) is 4.74 Å². The highest BCUT2D eigenvalue weighted by molar-refractivity contribution is 5.97. The van der Waals surface area contributed by atoms with Crippen LogP contribution in [0.25, 0.3) is 21.7 Å². The van der Waals surface area contributed by atoms with Crippen LogP contribution in [0.5, 0.6) is 11.5 Å². The van der Waals surface area contributed by atoms with Crippen molar-refractivity contribution in [2.24, 2.45) is 0 Å². The number of carboxylic acids is 1. The molecule has 1 aromatic heterocycles. The molecule has 4 aromatic rings. The summed E-state index contributed by atoms with van der Waals surface area (Å²) in [4.78, 5) is 28.1. The number of carbonyl (C=O) groups is 1. The molecule has 0 amide bonds. The maximum Gasteiger partial charge on any atom is 0.341 e. The number of phenolic OH excluding ortho intramolecular Hbond substituents is 1. The monoisotopic (exact) mass is 505 g/mol. The van der Waals surface area contributed by atoms with E-state index >= 15 is 0 Å². The van der Waals surface area contributed by atoms with Gasteiger partial charge in [-0.15, -0.1) is 0 Å². The number of hydrogen-bond donors (Lipinski definition) is 2. The van der Waals surface area contributed by atoms with Crippen molar-refractivity contribution in [3.63, 3.8) is 0 Å². The van der Waals surface area contributed by atoms with Gasteiger partial charge in [-0.1, -0.05) is 36.4 Å². The lowest BCUT2D eigenvalue weighted by molar-refractivity contribution is 0.0694. The van der Waals surface area contributed by atoms with Crippen LogP contribution in [-0.4, -0.2) is 65.5 Å². The average Bonchev–Trinajstić information content (AvgIpc) is 2.88. The fourth-order valence-electron chi connectivity index (χ4n) is 4.90. The zero-order valence-corrected chi connectivity index (χ0v) is 20.6. The Balaban J connectivity index is 0.000000212. The lowest BCUT2D eigenvalue weighted by Gasteiger charge is -2.37. The van der Waals surface area contributed by atoms with Crippen molar-refractivity contribution in [2.75, 3.05) is 44.7 Å². The number of carboxylic acid groups (broad SMARTS) is 1. The Hall–Kier alpha value is -4.11. The van der Waals surface area contributed by atoms with Crippen LogP contribution in [0.15, 0.2) is 59.5 Å². The number of fused-ring (bicyclic) bond motifs is 1. The van der Waals surface area contributed by atoms with Gasteiger partial charge in [0.2, 0.25) is 5.43 Å². The van der Waals surface area contributed by atoms with Gasteiger partial charge in [0.15, 0.2) is 11.6 Å². The third-order valence-electron chi connectivity index (χ3n) is 6.96. The third-order valence-corrected chi connectivity index (χ3v) is 6.96. The summed E-state index contributed by atoms with van der Waals surface area (Å²) >= 11 is 0. The Morgan fingerprint density at radius 1 is 1.05 bits per heavy atom. The van der Waals surface area contributed by atoms with Gasteiger partial charge in [-0.2, -0.15) is 0 Å². The number of aromatic carboxylic acids is 1. The molecule has 2 N–H and O–H groups in total. The molecule has 3 aromatic carbocycles. The summed E-state index contributed by atoms with van der Waals surface area (Å²) in [7, 11) is 2.02. The summed E-state index contributed by atoms with van der Waals surface area (Å²) in [6.45, 7) is 5.08. The van der Waals surface area contributed by atoms with Crippen LogP contribution in [0.2, 0.25) is 0 Å². The van der Waals surface area contributed by atoms with Crippen LogP contribution in [0.3, 0.4) is 0 Å². The predicted molar refractivity (Wildman–Crippen MR) is 141 cm³/mol. The van der Waals surface area contributed by atoms with Crippen molar-refractivity contribution in [2.45, 2.75) is 13.0 Å². The van der Waals surface area contributed by atoms with E-state index in [0.29, 0.717) is 35.8 Å². The number of rotatable bonds is 2. The van der Waals surface area contributed by atoms with Crippen LogP contribution >= 0.6 is 0 Å². The topological polar surface area (TPSA) is 95.2 Å². The Kier molecular flexibility index (Phi) is 6.47. The van der Waals surface area contributed by atoms with Gasteiger partial charge in [0, 0.05) is 37.8 Å². The smallest absolute Gasteiger partial charge is 0.341 e. The summed E-state index contributed by atoms with van der Waals surface area (Å²) in [5, 5.41) is 20.7. The first kappa shape index (κ1) is 24.6. The van der Waals surface area contributed by atoms with Crippen molar-refractivity contribution in [3.8, 4) is 11.5 Å². The molecular formula is C28H28FN3O5. The number of ether oxygens (including phenoxy) is 1. The van der Waals surface area contributed by atoms with Gasteiger partial charge in [0.05, 0.1) is 16.9 Å². The van der Waals surface area contributed by atoms with E-state index in [1.54, 1.807) is 10.6 Å². The van der Waals surface area contributed by atoms with Crippen LogP contribution in [-0.2, 0) is 0 Å². The number of piperazine rings is 1. The summed E-state index contributed by atoms with van der Waals surface area (Å²) in [5.74, 6) is -1.19. The number of aromatic nitrogens is 1. The number of phenols is 1. The van der Waals surface area contributed by atoms with Crippen LogP contribution in [0.1, 0.15) is 23.3 Å². The molecule has 9 heteroatoms. The van der Waals surface area contributed by atoms with E-state index in [0.717, 1.165) is 29.9 Å². The van der Waals surface area contributed by atoms with E-state index in [1.165, 1.54) is 6.20 Å². The number of benzene rings is 3. The number of hydrogen-bond acceptors (Lipinski definition) is 6. The maximum atomic E-state index is 15.0. The zero-order chi connectivity index (χ0) is 26.3. The standard InChI is InChI=1S/C18H20FN3O4.C10H8O/c1-10-9-26-17-14-11(16(23)12(18(24)25)8-22(10)14)7-13(19)15(17)21-5-3-20(2)4-6-21;11-10-7-3-5-8-4-1-2-6-9(8)10/h7-8,10H,3-6,9H2,1-2H3,(H,24,25);1-7,11H/t10-;/m0./s1. The first-order chi connectivity index (χ1) is 17.8. The molecule has 0 bridgehead atoms. The van der Waals surface area contributed by atoms with Gasteiger partial charge >= 0.3 is 5.97 Å². The zero-order valence-electron chi connectivity index (χ0n) is 20.6. The fraction of sp³-hybridized carbons (Fsp3) is 0.286. The van der Waals surface area contributed by atoms with E-state index in [1.807, 2.05) is 55.3 Å². The van der Waals surface area contributed by atoms with E-state index in [9.17, 15) is 24.2 Å².